The number of nitrogens with zero attached hydrogens (tertiary/aromatic N) is 4. The number of para-hydroxylation sites is 2. The van der Waals surface area contributed by atoms with Crippen molar-refractivity contribution in [2.45, 2.75) is 10.9 Å². The number of thioether (sulfide) groups is 1. The van der Waals surface area contributed by atoms with Gasteiger partial charge in [0, 0.05) is 0 Å². The fourth-order valence-electron chi connectivity index (χ4n) is 2.96. The molecule has 8 heteroatoms. The fraction of sp³-hybridized carbons (Fsp3) is 0.0476. The van der Waals surface area contributed by atoms with Gasteiger partial charge in [0.1, 0.15) is 0 Å². The van der Waals surface area contributed by atoms with Crippen LogP contribution in [0.1, 0.15) is 5.82 Å². The molecule has 0 bridgehead atoms. The van der Waals surface area contributed by atoms with E-state index in [0.717, 1.165) is 10.6 Å². The van der Waals surface area contributed by atoms with E-state index >= 15 is 0 Å². The Balaban J connectivity index is 1.53. The van der Waals surface area contributed by atoms with Gasteiger partial charge in [0.25, 0.3) is 11.4 Å². The number of hydrogen-bond donors (Lipinski definition) is 0. The van der Waals surface area contributed by atoms with Crippen LogP contribution < -0.4 is 5.56 Å². The van der Waals surface area contributed by atoms with Crippen molar-refractivity contribution < 1.29 is 4.52 Å². The Bertz CT molecular complexity index is 1330. The summed E-state index contributed by atoms with van der Waals surface area (Å²) < 4.78 is 6.99. The van der Waals surface area contributed by atoms with E-state index in [0.29, 0.717) is 33.5 Å². The van der Waals surface area contributed by atoms with Crippen molar-refractivity contribution in [3.63, 3.8) is 0 Å². The second kappa shape index (κ2) is 7.65. The van der Waals surface area contributed by atoms with E-state index in [-0.39, 0.29) is 5.56 Å². The van der Waals surface area contributed by atoms with E-state index < -0.39 is 0 Å². The van der Waals surface area contributed by atoms with Crippen LogP contribution in [-0.4, -0.2) is 19.7 Å². The van der Waals surface area contributed by atoms with Crippen LogP contribution in [0.25, 0.3) is 27.4 Å². The van der Waals surface area contributed by atoms with Gasteiger partial charge in [0.05, 0.1) is 27.2 Å². The molecule has 0 N–H and O–H groups in total. The lowest BCUT2D eigenvalue weighted by atomic mass is 10.2. The zero-order valence-electron chi connectivity index (χ0n) is 15.1. The minimum Gasteiger partial charge on any atom is -0.333 e. The lowest BCUT2D eigenvalue weighted by Gasteiger charge is -2.12. The monoisotopic (exact) mass is 418 g/mol. The van der Waals surface area contributed by atoms with Crippen LogP contribution >= 0.6 is 23.1 Å². The zero-order valence-corrected chi connectivity index (χ0v) is 16.7. The van der Waals surface area contributed by atoms with Gasteiger partial charge in [0.2, 0.25) is 0 Å². The highest BCUT2D eigenvalue weighted by atomic mass is 32.2. The molecule has 2 aromatic carbocycles. The molecule has 0 fully saturated rings. The topological polar surface area (TPSA) is 73.8 Å². The number of rotatable bonds is 5. The highest BCUT2D eigenvalue weighted by molar-refractivity contribution is 7.98. The first-order valence-electron chi connectivity index (χ1n) is 8.86. The predicted octanol–water partition coefficient (Wildman–Crippen LogP) is 4.79. The van der Waals surface area contributed by atoms with Crippen molar-refractivity contribution in [1.29, 1.82) is 0 Å². The van der Waals surface area contributed by atoms with Crippen molar-refractivity contribution in [3.05, 3.63) is 88.3 Å². The van der Waals surface area contributed by atoms with Crippen LogP contribution in [0.3, 0.4) is 0 Å². The molecule has 0 atom stereocenters. The largest absolute Gasteiger partial charge is 0.333 e. The summed E-state index contributed by atoms with van der Waals surface area (Å²) in [5.41, 5.74) is 1.34. The molecule has 0 aliphatic carbocycles. The van der Waals surface area contributed by atoms with Gasteiger partial charge in [-0.15, -0.1) is 11.3 Å². The summed E-state index contributed by atoms with van der Waals surface area (Å²) in [5, 5.41) is 7.19. The van der Waals surface area contributed by atoms with Gasteiger partial charge in [-0.25, -0.2) is 4.98 Å². The summed E-state index contributed by atoms with van der Waals surface area (Å²) in [5.74, 6) is 1.50. The molecular weight excluding hydrogens is 404 g/mol. The molecule has 0 saturated heterocycles. The molecule has 0 spiro atoms. The van der Waals surface area contributed by atoms with E-state index in [1.165, 1.54) is 11.8 Å². The summed E-state index contributed by atoms with van der Waals surface area (Å²) >= 11 is 2.95. The molecule has 142 valence electrons. The van der Waals surface area contributed by atoms with Crippen LogP contribution in [0.5, 0.6) is 0 Å². The molecule has 0 aliphatic rings. The smallest absolute Gasteiger partial charge is 0.268 e. The summed E-state index contributed by atoms with van der Waals surface area (Å²) in [6, 6.07) is 20.8. The highest BCUT2D eigenvalue weighted by Gasteiger charge is 2.15. The molecule has 0 amide bonds. The van der Waals surface area contributed by atoms with Gasteiger partial charge in [0.15, 0.2) is 11.0 Å². The first-order valence-corrected chi connectivity index (χ1v) is 10.7. The number of thiophene rings is 1. The maximum atomic E-state index is 13.2. The summed E-state index contributed by atoms with van der Waals surface area (Å²) in [6.45, 7) is 0. The maximum absolute atomic E-state index is 13.2. The van der Waals surface area contributed by atoms with E-state index in [9.17, 15) is 4.79 Å². The van der Waals surface area contributed by atoms with Gasteiger partial charge in [-0.05, 0) is 35.7 Å². The minimum absolute atomic E-state index is 0.100. The Morgan fingerprint density at radius 3 is 2.62 bits per heavy atom. The van der Waals surface area contributed by atoms with Gasteiger partial charge in [-0.2, -0.15) is 4.98 Å². The van der Waals surface area contributed by atoms with Gasteiger partial charge in [-0.1, -0.05) is 53.3 Å². The minimum atomic E-state index is -0.100. The Labute approximate surface area is 173 Å². The molecule has 3 aromatic heterocycles. The van der Waals surface area contributed by atoms with E-state index in [1.807, 2.05) is 66.0 Å². The Morgan fingerprint density at radius 2 is 1.79 bits per heavy atom. The number of benzene rings is 2. The highest BCUT2D eigenvalue weighted by Crippen LogP contribution is 2.26. The van der Waals surface area contributed by atoms with E-state index in [4.69, 9.17) is 9.51 Å². The second-order valence-electron chi connectivity index (χ2n) is 6.17. The number of fused-ring (bicyclic) bond motifs is 1. The SMILES string of the molecule is O=c1c2ccccc2nc(SCc2noc(-c3cccs3)n2)n1-c1ccccc1. The summed E-state index contributed by atoms with van der Waals surface area (Å²) in [6.07, 6.45) is 0. The molecular formula is C21H14N4O2S2. The third-order valence-electron chi connectivity index (χ3n) is 4.29. The Hall–Kier alpha value is -3.23. The average molecular weight is 419 g/mol. The molecule has 3 heterocycles. The Morgan fingerprint density at radius 1 is 0.966 bits per heavy atom. The second-order valence-corrected chi connectivity index (χ2v) is 8.06. The lowest BCUT2D eigenvalue weighted by Crippen LogP contribution is -2.21. The van der Waals surface area contributed by atoms with Crippen molar-refractivity contribution in [3.8, 4) is 16.5 Å². The van der Waals surface area contributed by atoms with Crippen molar-refractivity contribution in [1.82, 2.24) is 19.7 Å². The van der Waals surface area contributed by atoms with E-state index in [1.54, 1.807) is 22.0 Å². The van der Waals surface area contributed by atoms with Crippen LogP contribution in [0, 0.1) is 0 Å². The predicted molar refractivity (Wildman–Crippen MR) is 115 cm³/mol. The first-order chi connectivity index (χ1) is 14.3. The quantitative estimate of drug-likeness (QED) is 0.302. The summed E-state index contributed by atoms with van der Waals surface area (Å²) in [7, 11) is 0. The normalized spacial score (nSPS) is 11.2. The zero-order chi connectivity index (χ0) is 19.6. The number of aromatic nitrogens is 4. The van der Waals surface area contributed by atoms with Crippen molar-refractivity contribution in [2.24, 2.45) is 0 Å². The molecule has 0 aliphatic heterocycles. The first kappa shape index (κ1) is 17.8. The van der Waals surface area contributed by atoms with Crippen LogP contribution in [0.4, 0.5) is 0 Å². The van der Waals surface area contributed by atoms with Crippen LogP contribution in [0.15, 0.2) is 86.6 Å². The van der Waals surface area contributed by atoms with E-state index in [2.05, 4.69) is 10.1 Å². The molecule has 5 rings (SSSR count). The van der Waals surface area contributed by atoms with Crippen LogP contribution in [-0.2, 0) is 5.75 Å². The third-order valence-corrected chi connectivity index (χ3v) is 6.08. The van der Waals surface area contributed by atoms with Gasteiger partial charge < -0.3 is 4.52 Å². The van der Waals surface area contributed by atoms with Crippen molar-refractivity contribution in [2.75, 3.05) is 0 Å². The molecule has 0 unspecified atom stereocenters. The van der Waals surface area contributed by atoms with Gasteiger partial charge >= 0.3 is 0 Å². The van der Waals surface area contributed by atoms with Crippen LogP contribution in [0.2, 0.25) is 0 Å². The molecule has 29 heavy (non-hydrogen) atoms. The fourth-order valence-corrected chi connectivity index (χ4v) is 4.46. The molecule has 0 saturated carbocycles. The van der Waals surface area contributed by atoms with Gasteiger partial charge in [-0.3, -0.25) is 9.36 Å². The summed E-state index contributed by atoms with van der Waals surface area (Å²) in [4.78, 5) is 23.3. The lowest BCUT2D eigenvalue weighted by molar-refractivity contribution is 0.426. The average Bonchev–Trinajstić information content (AvgIpc) is 3.45. The molecule has 0 radical (unpaired) electrons. The Kier molecular flexibility index (Phi) is 4.71. The maximum Gasteiger partial charge on any atom is 0.268 e. The molecule has 6 nitrogen and oxygen atoms in total. The molecule has 5 aromatic rings. The van der Waals surface area contributed by atoms with Crippen molar-refractivity contribution >= 4 is 34.0 Å². The third kappa shape index (κ3) is 3.48. The standard InChI is InChI=1S/C21H14N4O2S2/c26-20-15-9-4-5-10-16(15)22-21(25(20)14-7-2-1-3-8-14)29-13-18-23-19(27-24-18)17-11-6-12-28-17/h1-12H,13H2. The number of hydrogen-bond acceptors (Lipinski definition) is 7.